The fourth-order valence-electron chi connectivity index (χ4n) is 2.03. The van der Waals surface area contributed by atoms with Crippen molar-refractivity contribution in [1.29, 1.82) is 0 Å². The smallest absolute Gasteiger partial charge is 0.227 e. The molecule has 0 saturated heterocycles. The van der Waals surface area contributed by atoms with Crippen molar-refractivity contribution in [3.8, 4) is 11.5 Å². The van der Waals surface area contributed by atoms with Crippen molar-refractivity contribution in [3.63, 3.8) is 0 Å². The lowest BCUT2D eigenvalue weighted by molar-refractivity contribution is -0.683. The highest BCUT2D eigenvalue weighted by Gasteiger charge is 2.15. The molecular weight excluding hydrogens is 270 g/mol. The third-order valence-electron chi connectivity index (χ3n) is 3.13. The molecule has 0 saturated carbocycles. The van der Waals surface area contributed by atoms with Gasteiger partial charge in [-0.25, -0.2) is 0 Å². The highest BCUT2D eigenvalue weighted by Crippen LogP contribution is 2.27. The lowest BCUT2D eigenvalue weighted by atomic mass is 10.1. The van der Waals surface area contributed by atoms with Crippen LogP contribution in [0.3, 0.4) is 0 Å². The van der Waals surface area contributed by atoms with Crippen molar-refractivity contribution < 1.29 is 23.9 Å². The minimum absolute atomic E-state index is 0.0453. The minimum Gasteiger partial charge on any atom is -0.493 e. The molecule has 0 spiro atoms. The Balaban J connectivity index is 2.19. The largest absolute Gasteiger partial charge is 0.493 e. The molecule has 0 atom stereocenters. The number of pyridine rings is 1. The van der Waals surface area contributed by atoms with Gasteiger partial charge in [0.15, 0.2) is 23.9 Å². The second kappa shape index (κ2) is 6.85. The summed E-state index contributed by atoms with van der Waals surface area (Å²) >= 11 is 0. The van der Waals surface area contributed by atoms with Gasteiger partial charge < -0.3 is 14.6 Å². The molecule has 0 aliphatic heterocycles. The average Bonchev–Trinajstić information content (AvgIpc) is 2.54. The number of hydrogen-bond acceptors (Lipinski definition) is 4. The van der Waals surface area contributed by atoms with E-state index in [1.54, 1.807) is 54.4 Å². The molecule has 0 bridgehead atoms. The van der Waals surface area contributed by atoms with E-state index >= 15 is 0 Å². The molecule has 0 fully saturated rings. The van der Waals surface area contributed by atoms with Gasteiger partial charge in [-0.2, -0.15) is 4.57 Å². The van der Waals surface area contributed by atoms with Crippen molar-refractivity contribution in [2.75, 3.05) is 14.2 Å². The number of ketones is 1. The molecule has 21 heavy (non-hydrogen) atoms. The molecule has 1 heterocycles. The SMILES string of the molecule is COc1ccc(C(=O)C[n+]2cccc(CO)c2)cc1OC. The van der Waals surface area contributed by atoms with Crippen LogP contribution in [0.4, 0.5) is 0 Å². The first-order valence-electron chi connectivity index (χ1n) is 6.52. The summed E-state index contributed by atoms with van der Waals surface area (Å²) in [6, 6.07) is 8.68. The van der Waals surface area contributed by atoms with Crippen LogP contribution in [-0.2, 0) is 13.2 Å². The van der Waals surface area contributed by atoms with Crippen LogP contribution >= 0.6 is 0 Å². The minimum atomic E-state index is -0.0502. The van der Waals surface area contributed by atoms with Gasteiger partial charge in [-0.3, -0.25) is 4.79 Å². The number of aliphatic hydroxyl groups is 1. The van der Waals surface area contributed by atoms with Crippen molar-refractivity contribution >= 4 is 5.78 Å². The van der Waals surface area contributed by atoms with Crippen molar-refractivity contribution in [2.24, 2.45) is 0 Å². The zero-order valence-corrected chi connectivity index (χ0v) is 12.1. The number of ether oxygens (including phenoxy) is 2. The summed E-state index contributed by atoms with van der Waals surface area (Å²) in [5.41, 5.74) is 1.31. The Morgan fingerprint density at radius 2 is 1.95 bits per heavy atom. The van der Waals surface area contributed by atoms with Crippen LogP contribution in [0, 0.1) is 0 Å². The lowest BCUT2D eigenvalue weighted by Crippen LogP contribution is -2.37. The molecule has 0 unspecified atom stereocenters. The second-order valence-electron chi connectivity index (χ2n) is 4.54. The first kappa shape index (κ1) is 15.0. The molecule has 0 aliphatic rings. The van der Waals surface area contributed by atoms with Crippen LogP contribution in [0.15, 0.2) is 42.7 Å². The average molecular weight is 288 g/mol. The molecular formula is C16H18NO4+. The van der Waals surface area contributed by atoms with E-state index in [1.165, 1.54) is 7.11 Å². The monoisotopic (exact) mass is 288 g/mol. The summed E-state index contributed by atoms with van der Waals surface area (Å²) in [6.45, 7) is 0.148. The van der Waals surface area contributed by atoms with Crippen LogP contribution in [0.2, 0.25) is 0 Å². The van der Waals surface area contributed by atoms with Crippen LogP contribution in [0.25, 0.3) is 0 Å². The van der Waals surface area contributed by atoms with Gasteiger partial charge in [0.2, 0.25) is 12.3 Å². The number of rotatable bonds is 6. The second-order valence-corrected chi connectivity index (χ2v) is 4.54. The summed E-state index contributed by atoms with van der Waals surface area (Å²) in [7, 11) is 3.08. The molecule has 1 aromatic heterocycles. The van der Waals surface area contributed by atoms with Crippen LogP contribution in [0.1, 0.15) is 15.9 Å². The van der Waals surface area contributed by atoms with Gasteiger partial charge in [-0.1, -0.05) is 0 Å². The third kappa shape index (κ3) is 3.58. The molecule has 0 radical (unpaired) electrons. The number of methoxy groups -OCH3 is 2. The van der Waals surface area contributed by atoms with Gasteiger partial charge in [0.05, 0.1) is 20.8 Å². The summed E-state index contributed by atoms with van der Waals surface area (Å²) in [6.07, 6.45) is 3.54. The van der Waals surface area contributed by atoms with E-state index < -0.39 is 0 Å². The zero-order valence-electron chi connectivity index (χ0n) is 12.1. The number of benzene rings is 1. The fourth-order valence-corrected chi connectivity index (χ4v) is 2.03. The Labute approximate surface area is 123 Å². The van der Waals surface area contributed by atoms with E-state index in [9.17, 15) is 4.79 Å². The molecule has 0 aliphatic carbocycles. The number of hydrogen-bond donors (Lipinski definition) is 1. The topological polar surface area (TPSA) is 59.6 Å². The van der Waals surface area contributed by atoms with Gasteiger partial charge in [0, 0.05) is 17.2 Å². The highest BCUT2D eigenvalue weighted by molar-refractivity contribution is 5.95. The Hall–Kier alpha value is -2.40. The van der Waals surface area contributed by atoms with E-state index in [4.69, 9.17) is 14.6 Å². The molecule has 110 valence electrons. The van der Waals surface area contributed by atoms with Crippen molar-refractivity contribution in [2.45, 2.75) is 13.2 Å². The molecule has 5 heteroatoms. The highest BCUT2D eigenvalue weighted by atomic mass is 16.5. The van der Waals surface area contributed by atoms with Gasteiger partial charge in [0.25, 0.3) is 0 Å². The normalized spacial score (nSPS) is 10.2. The molecule has 2 rings (SSSR count). The van der Waals surface area contributed by atoms with Crippen LogP contribution in [-0.4, -0.2) is 25.1 Å². The number of carbonyl (C=O) groups is 1. The van der Waals surface area contributed by atoms with Gasteiger partial charge in [-0.05, 0) is 24.3 Å². The van der Waals surface area contributed by atoms with E-state index in [-0.39, 0.29) is 18.9 Å². The Bertz CT molecular complexity index is 640. The number of nitrogens with zero attached hydrogens (tertiary/aromatic N) is 1. The Morgan fingerprint density at radius 3 is 2.62 bits per heavy atom. The molecule has 1 aromatic carbocycles. The van der Waals surface area contributed by atoms with Crippen LogP contribution < -0.4 is 14.0 Å². The molecule has 5 nitrogen and oxygen atoms in total. The maximum Gasteiger partial charge on any atom is 0.227 e. The zero-order chi connectivity index (χ0) is 15.2. The summed E-state index contributed by atoms with van der Waals surface area (Å²) in [4.78, 5) is 12.3. The maximum atomic E-state index is 12.3. The maximum absolute atomic E-state index is 12.3. The van der Waals surface area contributed by atoms with Crippen LogP contribution in [0.5, 0.6) is 11.5 Å². The van der Waals surface area contributed by atoms with Gasteiger partial charge >= 0.3 is 0 Å². The Morgan fingerprint density at radius 1 is 1.19 bits per heavy atom. The summed E-state index contributed by atoms with van der Waals surface area (Å²) in [5, 5.41) is 9.11. The lowest BCUT2D eigenvalue weighted by Gasteiger charge is -2.08. The number of carbonyl (C=O) groups excluding carboxylic acids is 1. The molecule has 1 N–H and O–H groups in total. The van der Waals surface area contributed by atoms with Gasteiger partial charge in [0.1, 0.15) is 0 Å². The fraction of sp³-hybridized carbons (Fsp3) is 0.250. The van der Waals surface area contributed by atoms with E-state index in [0.717, 1.165) is 5.56 Å². The predicted molar refractivity (Wildman–Crippen MR) is 76.4 cm³/mol. The summed E-state index contributed by atoms with van der Waals surface area (Å²) < 4.78 is 12.1. The first-order valence-corrected chi connectivity index (χ1v) is 6.52. The molecule has 0 amide bonds. The van der Waals surface area contributed by atoms with Crippen molar-refractivity contribution in [3.05, 3.63) is 53.9 Å². The Kier molecular flexibility index (Phi) is 4.90. The standard InChI is InChI=1S/C16H18NO4/c1-20-15-6-5-13(8-16(15)21-2)14(19)10-17-7-3-4-12(9-17)11-18/h3-9,18H,10-11H2,1-2H3/q+1. The van der Waals surface area contributed by atoms with Crippen molar-refractivity contribution in [1.82, 2.24) is 0 Å². The number of Topliss-reactive ketones (excluding diaryl/α,β-unsaturated/α-hetero) is 1. The van der Waals surface area contributed by atoms with Gasteiger partial charge in [-0.15, -0.1) is 0 Å². The predicted octanol–water partition coefficient (Wildman–Crippen LogP) is 1.37. The third-order valence-corrected chi connectivity index (χ3v) is 3.13. The van der Waals surface area contributed by atoms with E-state index in [0.29, 0.717) is 17.1 Å². The quantitative estimate of drug-likeness (QED) is 0.644. The summed E-state index contributed by atoms with van der Waals surface area (Å²) in [5.74, 6) is 1.07. The molecule has 2 aromatic rings. The van der Waals surface area contributed by atoms with E-state index in [2.05, 4.69) is 0 Å². The number of aliphatic hydroxyl groups excluding tert-OH is 1. The first-order chi connectivity index (χ1) is 10.2. The number of aromatic nitrogens is 1. The van der Waals surface area contributed by atoms with E-state index in [1.807, 2.05) is 0 Å².